The van der Waals surface area contributed by atoms with Gasteiger partial charge in [-0.3, -0.25) is 4.99 Å². The van der Waals surface area contributed by atoms with Gasteiger partial charge in [0.1, 0.15) is 0 Å². The highest BCUT2D eigenvalue weighted by Crippen LogP contribution is 2.48. The molecule has 3 rings (SSSR count). The van der Waals surface area contributed by atoms with Gasteiger partial charge in [-0.25, -0.2) is 8.42 Å². The fourth-order valence-electron chi connectivity index (χ4n) is 3.63. The minimum Gasteiger partial charge on any atom is -0.356 e. The number of hydrogen-bond acceptors (Lipinski definition) is 3. The van der Waals surface area contributed by atoms with Crippen LogP contribution in [0, 0.1) is 17.8 Å². The molecule has 6 heteroatoms. The maximum atomic E-state index is 12.1. The van der Waals surface area contributed by atoms with Crippen molar-refractivity contribution in [1.82, 2.24) is 10.2 Å². The standard InChI is InChI=1S/C16H29N3O2S/c1-16(2)11-19(8-9-22(16,20)21)15(17-3)18-10-14(12-4-5-12)13-6-7-13/h12-14H,4-11H2,1-3H3,(H,17,18). The molecule has 126 valence electrons. The molecule has 0 radical (unpaired) electrons. The van der Waals surface area contributed by atoms with E-state index in [-0.39, 0.29) is 5.75 Å². The lowest BCUT2D eigenvalue weighted by Crippen LogP contribution is -2.57. The van der Waals surface area contributed by atoms with Crippen LogP contribution in [0.5, 0.6) is 0 Å². The lowest BCUT2D eigenvalue weighted by molar-refractivity contribution is 0.341. The first kappa shape index (κ1) is 16.1. The lowest BCUT2D eigenvalue weighted by Gasteiger charge is -2.39. The van der Waals surface area contributed by atoms with E-state index < -0.39 is 14.6 Å². The van der Waals surface area contributed by atoms with E-state index in [0.29, 0.717) is 13.1 Å². The summed E-state index contributed by atoms with van der Waals surface area (Å²) in [4.78, 5) is 6.50. The van der Waals surface area contributed by atoms with Crippen molar-refractivity contribution in [3.05, 3.63) is 0 Å². The van der Waals surface area contributed by atoms with Gasteiger partial charge in [0.25, 0.3) is 0 Å². The van der Waals surface area contributed by atoms with Crippen LogP contribution >= 0.6 is 0 Å². The van der Waals surface area contributed by atoms with Crippen molar-refractivity contribution in [2.45, 2.75) is 44.3 Å². The number of aliphatic imine (C=N–C) groups is 1. The van der Waals surface area contributed by atoms with Gasteiger partial charge in [0, 0.05) is 26.7 Å². The van der Waals surface area contributed by atoms with E-state index in [1.54, 1.807) is 7.05 Å². The molecule has 0 atom stereocenters. The van der Waals surface area contributed by atoms with Crippen molar-refractivity contribution in [2.24, 2.45) is 22.7 Å². The third-order valence-corrected chi connectivity index (χ3v) is 8.04. The van der Waals surface area contributed by atoms with Crippen LogP contribution < -0.4 is 5.32 Å². The SMILES string of the molecule is CN=C(NCC(C1CC1)C1CC1)N1CCS(=O)(=O)C(C)(C)C1. The molecule has 2 aliphatic carbocycles. The molecule has 0 spiro atoms. The van der Waals surface area contributed by atoms with E-state index in [9.17, 15) is 8.42 Å². The van der Waals surface area contributed by atoms with E-state index in [2.05, 4.69) is 15.2 Å². The van der Waals surface area contributed by atoms with Crippen LogP contribution in [0.25, 0.3) is 0 Å². The van der Waals surface area contributed by atoms with Crippen LogP contribution in [0.15, 0.2) is 4.99 Å². The zero-order chi connectivity index (χ0) is 16.0. The van der Waals surface area contributed by atoms with E-state index in [1.165, 1.54) is 25.7 Å². The fourth-order valence-corrected chi connectivity index (χ4v) is 5.00. The maximum Gasteiger partial charge on any atom is 0.193 e. The van der Waals surface area contributed by atoms with Gasteiger partial charge in [0.2, 0.25) is 0 Å². The summed E-state index contributed by atoms with van der Waals surface area (Å²) in [6.45, 7) is 5.69. The molecule has 1 aliphatic heterocycles. The van der Waals surface area contributed by atoms with Crippen LogP contribution in [0.4, 0.5) is 0 Å². The maximum absolute atomic E-state index is 12.1. The van der Waals surface area contributed by atoms with Gasteiger partial charge in [0.05, 0.1) is 10.5 Å². The van der Waals surface area contributed by atoms with Crippen molar-refractivity contribution >= 4 is 15.8 Å². The minimum atomic E-state index is -3.00. The Morgan fingerprint density at radius 1 is 1.27 bits per heavy atom. The normalized spacial score (nSPS) is 28.0. The second kappa shape index (κ2) is 5.69. The molecule has 0 unspecified atom stereocenters. The van der Waals surface area contributed by atoms with E-state index in [1.807, 2.05) is 13.8 Å². The summed E-state index contributed by atoms with van der Waals surface area (Å²) in [5.74, 6) is 3.70. The molecule has 1 heterocycles. The first-order valence-corrected chi connectivity index (χ1v) is 10.2. The van der Waals surface area contributed by atoms with Crippen LogP contribution in [-0.2, 0) is 9.84 Å². The highest BCUT2D eigenvalue weighted by molar-refractivity contribution is 7.92. The Hall–Kier alpha value is -0.780. The third kappa shape index (κ3) is 3.26. The van der Waals surface area contributed by atoms with Crippen molar-refractivity contribution in [3.63, 3.8) is 0 Å². The number of rotatable bonds is 4. The molecule has 0 aromatic carbocycles. The van der Waals surface area contributed by atoms with Gasteiger partial charge in [-0.05, 0) is 57.3 Å². The zero-order valence-corrected chi connectivity index (χ0v) is 14.8. The number of nitrogens with zero attached hydrogens (tertiary/aromatic N) is 2. The van der Waals surface area contributed by atoms with Gasteiger partial charge in [-0.1, -0.05) is 0 Å². The lowest BCUT2D eigenvalue weighted by atomic mass is 9.98. The van der Waals surface area contributed by atoms with Crippen LogP contribution in [0.2, 0.25) is 0 Å². The number of nitrogens with one attached hydrogen (secondary N) is 1. The smallest absolute Gasteiger partial charge is 0.193 e. The number of hydrogen-bond donors (Lipinski definition) is 1. The minimum absolute atomic E-state index is 0.218. The zero-order valence-electron chi connectivity index (χ0n) is 14.0. The molecule has 0 amide bonds. The topological polar surface area (TPSA) is 61.8 Å². The summed E-state index contributed by atoms with van der Waals surface area (Å²) in [6, 6.07) is 0. The second-order valence-electron chi connectivity index (χ2n) is 7.77. The van der Waals surface area contributed by atoms with Gasteiger partial charge >= 0.3 is 0 Å². The summed E-state index contributed by atoms with van der Waals surface area (Å²) in [6.07, 6.45) is 5.54. The Balaban J connectivity index is 1.60. The molecule has 5 nitrogen and oxygen atoms in total. The number of guanidine groups is 1. The molecule has 0 aromatic heterocycles. The summed E-state index contributed by atoms with van der Waals surface area (Å²) < 4.78 is 23.6. The molecule has 1 saturated heterocycles. The largest absolute Gasteiger partial charge is 0.356 e. The van der Waals surface area contributed by atoms with Crippen LogP contribution in [0.1, 0.15) is 39.5 Å². The van der Waals surface area contributed by atoms with Gasteiger partial charge < -0.3 is 10.2 Å². The monoisotopic (exact) mass is 327 g/mol. The van der Waals surface area contributed by atoms with Gasteiger partial charge in [-0.2, -0.15) is 0 Å². The molecular formula is C16H29N3O2S. The molecule has 3 aliphatic rings. The van der Waals surface area contributed by atoms with E-state index in [4.69, 9.17) is 0 Å². The average Bonchev–Trinajstić information content (AvgIpc) is 3.31. The van der Waals surface area contributed by atoms with Crippen LogP contribution in [-0.4, -0.2) is 56.5 Å². The van der Waals surface area contributed by atoms with Crippen molar-refractivity contribution in [2.75, 3.05) is 32.4 Å². The van der Waals surface area contributed by atoms with Gasteiger partial charge in [0.15, 0.2) is 15.8 Å². The Kier molecular flexibility index (Phi) is 4.16. The first-order valence-electron chi connectivity index (χ1n) is 8.52. The summed E-state index contributed by atoms with van der Waals surface area (Å²) >= 11 is 0. The van der Waals surface area contributed by atoms with Crippen LogP contribution in [0.3, 0.4) is 0 Å². The summed E-state index contributed by atoms with van der Waals surface area (Å²) in [5.41, 5.74) is 0. The molecule has 0 aromatic rings. The Labute approximate surface area is 134 Å². The summed E-state index contributed by atoms with van der Waals surface area (Å²) in [7, 11) is -1.20. The molecule has 0 bridgehead atoms. The quantitative estimate of drug-likeness (QED) is 0.628. The molecule has 1 N–H and O–H groups in total. The molecule has 3 fully saturated rings. The average molecular weight is 327 g/mol. The fraction of sp³-hybridized carbons (Fsp3) is 0.938. The molecule has 22 heavy (non-hydrogen) atoms. The predicted molar refractivity (Wildman–Crippen MR) is 89.7 cm³/mol. The molecular weight excluding hydrogens is 298 g/mol. The van der Waals surface area contributed by atoms with Crippen molar-refractivity contribution < 1.29 is 8.42 Å². The van der Waals surface area contributed by atoms with Crippen molar-refractivity contribution in [3.8, 4) is 0 Å². The Morgan fingerprint density at radius 2 is 1.86 bits per heavy atom. The van der Waals surface area contributed by atoms with Crippen molar-refractivity contribution in [1.29, 1.82) is 0 Å². The molecule has 2 saturated carbocycles. The first-order chi connectivity index (χ1) is 10.3. The third-order valence-electron chi connectivity index (χ3n) is 5.51. The van der Waals surface area contributed by atoms with E-state index in [0.717, 1.165) is 30.3 Å². The van der Waals surface area contributed by atoms with Gasteiger partial charge in [-0.15, -0.1) is 0 Å². The highest BCUT2D eigenvalue weighted by Gasteiger charge is 2.43. The number of sulfone groups is 1. The second-order valence-corrected chi connectivity index (χ2v) is 10.5. The Bertz CT molecular complexity index is 536. The summed E-state index contributed by atoms with van der Waals surface area (Å²) in [5, 5.41) is 3.53. The Morgan fingerprint density at radius 3 is 2.32 bits per heavy atom. The van der Waals surface area contributed by atoms with E-state index >= 15 is 0 Å². The predicted octanol–water partition coefficient (Wildman–Crippen LogP) is 1.51. The highest BCUT2D eigenvalue weighted by atomic mass is 32.2.